The highest BCUT2D eigenvalue weighted by atomic mass is 16.5. The van der Waals surface area contributed by atoms with Gasteiger partial charge >= 0.3 is 0 Å². The number of aromatic nitrogens is 5. The van der Waals surface area contributed by atoms with E-state index in [4.69, 9.17) is 14.0 Å². The molecule has 9 heteroatoms. The average Bonchev–Trinajstić information content (AvgIpc) is 3.33. The molecule has 29 heavy (non-hydrogen) atoms. The Bertz CT molecular complexity index is 939. The van der Waals surface area contributed by atoms with Crippen LogP contribution in [0, 0.1) is 20.8 Å². The van der Waals surface area contributed by atoms with Crippen LogP contribution in [0.15, 0.2) is 9.05 Å². The topological polar surface area (TPSA) is 100 Å². The summed E-state index contributed by atoms with van der Waals surface area (Å²) in [5.41, 5.74) is 3.91. The molecule has 0 spiro atoms. The molecule has 0 bridgehead atoms. The van der Waals surface area contributed by atoms with Crippen molar-refractivity contribution in [2.45, 2.75) is 53.6 Å². The van der Waals surface area contributed by atoms with Crippen LogP contribution < -0.4 is 0 Å². The molecule has 0 radical (unpaired) electrons. The highest BCUT2D eigenvalue weighted by molar-refractivity contribution is 5.57. The van der Waals surface area contributed by atoms with Gasteiger partial charge in [-0.3, -0.25) is 9.80 Å². The first-order valence-electron chi connectivity index (χ1n) is 10.3. The van der Waals surface area contributed by atoms with E-state index in [0.29, 0.717) is 24.0 Å². The Hall–Kier alpha value is -2.52. The number of rotatable bonds is 6. The molecule has 1 aliphatic rings. The number of aromatic amines is 1. The standard InChI is InChI=1S/C20H29N7O2/c1-5-17-21-13(2)16(22-17)11-26-7-6-8-27(10-9-26)12-18-23-20(29-25-18)19-14(3)24-28-15(19)4/h5-12H2,1-4H3,(H,21,22). The molecule has 4 rings (SSSR count). The van der Waals surface area contributed by atoms with Crippen LogP contribution in [-0.4, -0.2) is 61.2 Å². The predicted molar refractivity (Wildman–Crippen MR) is 107 cm³/mol. The number of nitrogens with one attached hydrogen (secondary N) is 1. The highest BCUT2D eigenvalue weighted by Crippen LogP contribution is 2.25. The van der Waals surface area contributed by atoms with Crippen molar-refractivity contribution in [3.63, 3.8) is 0 Å². The van der Waals surface area contributed by atoms with Gasteiger partial charge in [-0.2, -0.15) is 4.98 Å². The maximum Gasteiger partial charge on any atom is 0.263 e. The summed E-state index contributed by atoms with van der Waals surface area (Å²) in [6.45, 7) is 13.6. The fourth-order valence-electron chi connectivity index (χ4n) is 3.85. The van der Waals surface area contributed by atoms with Crippen molar-refractivity contribution in [2.24, 2.45) is 0 Å². The number of aryl methyl sites for hydroxylation is 4. The average molecular weight is 399 g/mol. The molecule has 3 aromatic rings. The van der Waals surface area contributed by atoms with Gasteiger partial charge in [0.05, 0.1) is 17.9 Å². The van der Waals surface area contributed by atoms with Gasteiger partial charge in [-0.1, -0.05) is 17.2 Å². The molecule has 4 heterocycles. The number of hydrogen-bond donors (Lipinski definition) is 1. The van der Waals surface area contributed by atoms with Crippen LogP contribution in [0.25, 0.3) is 11.5 Å². The van der Waals surface area contributed by atoms with Crippen molar-refractivity contribution >= 4 is 0 Å². The normalized spacial score (nSPS) is 16.4. The fraction of sp³-hybridized carbons (Fsp3) is 0.600. The van der Waals surface area contributed by atoms with Gasteiger partial charge in [0.1, 0.15) is 17.1 Å². The monoisotopic (exact) mass is 399 g/mol. The van der Waals surface area contributed by atoms with Gasteiger partial charge in [-0.25, -0.2) is 4.98 Å². The first-order valence-corrected chi connectivity index (χ1v) is 10.3. The van der Waals surface area contributed by atoms with Crippen molar-refractivity contribution in [1.29, 1.82) is 0 Å². The third kappa shape index (κ3) is 4.40. The summed E-state index contributed by atoms with van der Waals surface area (Å²) in [4.78, 5) is 17.5. The minimum atomic E-state index is 0.480. The summed E-state index contributed by atoms with van der Waals surface area (Å²) in [5, 5.41) is 8.12. The summed E-state index contributed by atoms with van der Waals surface area (Å²) in [6.07, 6.45) is 2.05. The van der Waals surface area contributed by atoms with Crippen molar-refractivity contribution in [1.82, 2.24) is 35.1 Å². The van der Waals surface area contributed by atoms with Gasteiger partial charge in [0, 0.05) is 31.7 Å². The minimum absolute atomic E-state index is 0.480. The third-order valence-corrected chi connectivity index (χ3v) is 5.50. The lowest BCUT2D eigenvalue weighted by atomic mass is 10.2. The Balaban J connectivity index is 1.35. The molecule has 1 N–H and O–H groups in total. The van der Waals surface area contributed by atoms with Gasteiger partial charge in [0.15, 0.2) is 5.82 Å². The van der Waals surface area contributed by atoms with E-state index in [1.807, 2.05) is 13.8 Å². The van der Waals surface area contributed by atoms with Crippen molar-refractivity contribution in [2.75, 3.05) is 26.2 Å². The van der Waals surface area contributed by atoms with E-state index >= 15 is 0 Å². The smallest absolute Gasteiger partial charge is 0.263 e. The predicted octanol–water partition coefficient (Wildman–Crippen LogP) is 2.64. The highest BCUT2D eigenvalue weighted by Gasteiger charge is 2.21. The van der Waals surface area contributed by atoms with E-state index in [1.54, 1.807) is 0 Å². The molecule has 9 nitrogen and oxygen atoms in total. The molecular formula is C20H29N7O2. The zero-order valence-electron chi connectivity index (χ0n) is 17.7. The van der Waals surface area contributed by atoms with Crippen LogP contribution in [0.1, 0.15) is 47.8 Å². The SMILES string of the molecule is CCc1nc(CN2CCCN(Cc3noc(-c4c(C)noc4C)n3)CC2)c(C)[nH]1. The maximum atomic E-state index is 5.46. The molecule has 3 aromatic heterocycles. The zero-order valence-corrected chi connectivity index (χ0v) is 17.7. The van der Waals surface area contributed by atoms with Crippen molar-refractivity contribution < 1.29 is 9.05 Å². The summed E-state index contributed by atoms with van der Waals surface area (Å²) >= 11 is 0. The molecule has 0 saturated carbocycles. The first-order chi connectivity index (χ1) is 14.0. The van der Waals surface area contributed by atoms with Gasteiger partial charge in [-0.15, -0.1) is 0 Å². The van der Waals surface area contributed by atoms with Crippen LogP contribution in [0.5, 0.6) is 0 Å². The van der Waals surface area contributed by atoms with E-state index < -0.39 is 0 Å². The summed E-state index contributed by atoms with van der Waals surface area (Å²) in [6, 6.07) is 0. The molecule has 1 saturated heterocycles. The number of hydrogen-bond acceptors (Lipinski definition) is 8. The molecular weight excluding hydrogens is 370 g/mol. The van der Waals surface area contributed by atoms with Crippen molar-refractivity contribution in [3.8, 4) is 11.5 Å². The summed E-state index contributed by atoms with van der Waals surface area (Å²) in [5.74, 6) is 2.95. The Labute approximate surface area is 170 Å². The summed E-state index contributed by atoms with van der Waals surface area (Å²) in [7, 11) is 0. The Kier molecular flexibility index (Phi) is 5.77. The lowest BCUT2D eigenvalue weighted by Crippen LogP contribution is -2.30. The second-order valence-corrected chi connectivity index (χ2v) is 7.73. The number of nitrogens with zero attached hydrogens (tertiary/aromatic N) is 6. The van der Waals surface area contributed by atoms with Gasteiger partial charge < -0.3 is 14.0 Å². The lowest BCUT2D eigenvalue weighted by Gasteiger charge is -2.20. The Morgan fingerprint density at radius 3 is 2.34 bits per heavy atom. The van der Waals surface area contributed by atoms with Crippen LogP contribution in [0.3, 0.4) is 0 Å². The van der Waals surface area contributed by atoms with E-state index in [9.17, 15) is 0 Å². The Morgan fingerprint density at radius 1 is 0.931 bits per heavy atom. The third-order valence-electron chi connectivity index (χ3n) is 5.50. The molecule has 1 fully saturated rings. The molecule has 0 unspecified atom stereocenters. The van der Waals surface area contributed by atoms with E-state index in [0.717, 1.165) is 68.3 Å². The molecule has 0 amide bonds. The zero-order chi connectivity index (χ0) is 20.4. The molecule has 0 aliphatic carbocycles. The minimum Gasteiger partial charge on any atom is -0.361 e. The van der Waals surface area contributed by atoms with Crippen LogP contribution in [0.4, 0.5) is 0 Å². The maximum absolute atomic E-state index is 5.46. The molecule has 0 aromatic carbocycles. The van der Waals surface area contributed by atoms with Crippen LogP contribution in [-0.2, 0) is 19.5 Å². The van der Waals surface area contributed by atoms with E-state index in [1.165, 1.54) is 5.69 Å². The quantitative estimate of drug-likeness (QED) is 0.675. The largest absolute Gasteiger partial charge is 0.361 e. The first kappa shape index (κ1) is 19.8. The van der Waals surface area contributed by atoms with E-state index in [-0.39, 0.29) is 0 Å². The molecule has 0 atom stereocenters. The van der Waals surface area contributed by atoms with Gasteiger partial charge in [0.25, 0.3) is 5.89 Å². The Morgan fingerprint density at radius 2 is 1.69 bits per heavy atom. The summed E-state index contributed by atoms with van der Waals surface area (Å²) < 4.78 is 10.7. The van der Waals surface area contributed by atoms with E-state index in [2.05, 4.69) is 43.9 Å². The second kappa shape index (κ2) is 8.46. The van der Waals surface area contributed by atoms with Crippen molar-refractivity contribution in [3.05, 3.63) is 34.5 Å². The van der Waals surface area contributed by atoms with Gasteiger partial charge in [0.2, 0.25) is 0 Å². The number of imidazole rings is 1. The van der Waals surface area contributed by atoms with Crippen LogP contribution in [0.2, 0.25) is 0 Å². The molecule has 156 valence electrons. The van der Waals surface area contributed by atoms with Crippen LogP contribution >= 0.6 is 0 Å². The molecule has 1 aliphatic heterocycles. The fourth-order valence-corrected chi connectivity index (χ4v) is 3.85. The second-order valence-electron chi connectivity index (χ2n) is 7.73. The lowest BCUT2D eigenvalue weighted by molar-refractivity contribution is 0.240. The van der Waals surface area contributed by atoms with Gasteiger partial charge in [-0.05, 0) is 40.3 Å². The number of H-pyrrole nitrogens is 1.